The SMILES string of the molecule is COc1cccc2c(C(C)C)[nH]nc12. The summed E-state index contributed by atoms with van der Waals surface area (Å²) in [6.07, 6.45) is 0. The first kappa shape index (κ1) is 9.06. The summed E-state index contributed by atoms with van der Waals surface area (Å²) in [5, 5.41) is 8.47. The van der Waals surface area contributed by atoms with Gasteiger partial charge in [0, 0.05) is 11.1 Å². The number of fused-ring (bicyclic) bond motifs is 1. The normalized spacial score (nSPS) is 11.1. The molecule has 2 rings (SSSR count). The van der Waals surface area contributed by atoms with Crippen molar-refractivity contribution in [1.82, 2.24) is 10.2 Å². The van der Waals surface area contributed by atoms with Crippen LogP contribution in [0.4, 0.5) is 0 Å². The molecule has 2 aromatic rings. The largest absolute Gasteiger partial charge is 0.494 e. The predicted octanol–water partition coefficient (Wildman–Crippen LogP) is 2.69. The van der Waals surface area contributed by atoms with Crippen LogP contribution in [0.2, 0.25) is 0 Å². The summed E-state index contributed by atoms with van der Waals surface area (Å²) in [4.78, 5) is 0. The van der Waals surface area contributed by atoms with Gasteiger partial charge in [-0.05, 0) is 12.0 Å². The van der Waals surface area contributed by atoms with Crippen LogP contribution in [0.15, 0.2) is 18.2 Å². The standard InChI is InChI=1S/C11H14N2O/c1-7(2)10-8-5-4-6-9(14-3)11(8)13-12-10/h4-7H,1-3H3,(H,12,13). The number of methoxy groups -OCH3 is 1. The van der Waals surface area contributed by atoms with Crippen LogP contribution in [0.1, 0.15) is 25.5 Å². The molecule has 0 amide bonds. The molecule has 0 fully saturated rings. The fourth-order valence-electron chi connectivity index (χ4n) is 1.64. The van der Waals surface area contributed by atoms with Gasteiger partial charge < -0.3 is 4.74 Å². The third kappa shape index (κ3) is 1.25. The minimum atomic E-state index is 0.451. The van der Waals surface area contributed by atoms with Gasteiger partial charge in [-0.25, -0.2) is 0 Å². The van der Waals surface area contributed by atoms with Crippen molar-refractivity contribution in [3.63, 3.8) is 0 Å². The van der Waals surface area contributed by atoms with Crippen molar-refractivity contribution in [2.45, 2.75) is 19.8 Å². The molecule has 0 spiro atoms. The van der Waals surface area contributed by atoms with E-state index in [9.17, 15) is 0 Å². The lowest BCUT2D eigenvalue weighted by Gasteiger charge is -2.02. The van der Waals surface area contributed by atoms with Crippen molar-refractivity contribution in [1.29, 1.82) is 0 Å². The van der Waals surface area contributed by atoms with E-state index < -0.39 is 0 Å². The van der Waals surface area contributed by atoms with Crippen molar-refractivity contribution < 1.29 is 4.74 Å². The van der Waals surface area contributed by atoms with Gasteiger partial charge in [-0.2, -0.15) is 5.10 Å². The van der Waals surface area contributed by atoms with Gasteiger partial charge in [-0.15, -0.1) is 0 Å². The number of aromatic nitrogens is 2. The Kier molecular flexibility index (Phi) is 2.15. The number of hydrogen-bond acceptors (Lipinski definition) is 2. The zero-order chi connectivity index (χ0) is 10.1. The molecule has 0 unspecified atom stereocenters. The van der Waals surface area contributed by atoms with Crippen LogP contribution in [-0.2, 0) is 0 Å². The number of nitrogens with zero attached hydrogens (tertiary/aromatic N) is 1. The van der Waals surface area contributed by atoms with Crippen LogP contribution in [0.25, 0.3) is 10.9 Å². The molecule has 3 heteroatoms. The second kappa shape index (κ2) is 3.33. The van der Waals surface area contributed by atoms with Crippen molar-refractivity contribution >= 4 is 10.9 Å². The fraction of sp³-hybridized carbons (Fsp3) is 0.364. The quantitative estimate of drug-likeness (QED) is 0.790. The van der Waals surface area contributed by atoms with E-state index in [4.69, 9.17) is 4.74 Å². The fourth-order valence-corrected chi connectivity index (χ4v) is 1.64. The highest BCUT2D eigenvalue weighted by atomic mass is 16.5. The molecular formula is C11H14N2O. The second-order valence-corrected chi connectivity index (χ2v) is 3.65. The van der Waals surface area contributed by atoms with Gasteiger partial charge in [0.1, 0.15) is 11.3 Å². The van der Waals surface area contributed by atoms with Crippen LogP contribution in [0.5, 0.6) is 5.75 Å². The maximum Gasteiger partial charge on any atom is 0.146 e. The second-order valence-electron chi connectivity index (χ2n) is 3.65. The number of ether oxygens (including phenoxy) is 1. The van der Waals surface area contributed by atoms with Gasteiger partial charge in [0.25, 0.3) is 0 Å². The number of rotatable bonds is 2. The Morgan fingerprint density at radius 1 is 1.36 bits per heavy atom. The number of hydrogen-bond donors (Lipinski definition) is 1. The monoisotopic (exact) mass is 190 g/mol. The van der Waals surface area contributed by atoms with E-state index in [1.807, 2.05) is 12.1 Å². The number of nitrogens with one attached hydrogen (secondary N) is 1. The molecule has 0 aliphatic heterocycles. The highest BCUT2D eigenvalue weighted by Crippen LogP contribution is 2.28. The highest BCUT2D eigenvalue weighted by molar-refractivity contribution is 5.87. The van der Waals surface area contributed by atoms with E-state index in [2.05, 4.69) is 30.1 Å². The molecule has 0 aliphatic rings. The van der Waals surface area contributed by atoms with E-state index in [1.54, 1.807) is 7.11 Å². The molecule has 0 atom stereocenters. The summed E-state index contributed by atoms with van der Waals surface area (Å²) in [7, 11) is 1.67. The summed E-state index contributed by atoms with van der Waals surface area (Å²) < 4.78 is 5.24. The molecule has 0 aliphatic carbocycles. The summed E-state index contributed by atoms with van der Waals surface area (Å²) in [5.41, 5.74) is 2.08. The van der Waals surface area contributed by atoms with Crippen LogP contribution in [-0.4, -0.2) is 17.3 Å². The Labute approximate surface area is 83.1 Å². The van der Waals surface area contributed by atoms with Gasteiger partial charge in [-0.1, -0.05) is 26.0 Å². The average Bonchev–Trinajstić information content (AvgIpc) is 2.60. The summed E-state index contributed by atoms with van der Waals surface area (Å²) in [5.74, 6) is 1.28. The predicted molar refractivity (Wildman–Crippen MR) is 56.7 cm³/mol. The summed E-state index contributed by atoms with van der Waals surface area (Å²) in [6, 6.07) is 5.98. The number of H-pyrrole nitrogens is 1. The summed E-state index contributed by atoms with van der Waals surface area (Å²) >= 11 is 0. The average molecular weight is 190 g/mol. The van der Waals surface area contributed by atoms with Crippen molar-refractivity contribution in [2.24, 2.45) is 0 Å². The molecule has 1 aromatic carbocycles. The third-order valence-electron chi connectivity index (χ3n) is 2.37. The van der Waals surface area contributed by atoms with Gasteiger partial charge in [-0.3, -0.25) is 5.10 Å². The lowest BCUT2D eigenvalue weighted by molar-refractivity contribution is 0.419. The molecule has 0 saturated carbocycles. The number of benzene rings is 1. The molecular weight excluding hydrogens is 176 g/mol. The molecule has 1 N–H and O–H groups in total. The Morgan fingerprint density at radius 3 is 2.79 bits per heavy atom. The highest BCUT2D eigenvalue weighted by Gasteiger charge is 2.11. The zero-order valence-electron chi connectivity index (χ0n) is 8.66. The van der Waals surface area contributed by atoms with Crippen molar-refractivity contribution in [2.75, 3.05) is 7.11 Å². The third-order valence-corrected chi connectivity index (χ3v) is 2.37. The van der Waals surface area contributed by atoms with Gasteiger partial charge >= 0.3 is 0 Å². The Morgan fingerprint density at radius 2 is 2.14 bits per heavy atom. The van der Waals surface area contributed by atoms with E-state index in [-0.39, 0.29) is 0 Å². The van der Waals surface area contributed by atoms with E-state index >= 15 is 0 Å². The zero-order valence-corrected chi connectivity index (χ0v) is 8.66. The van der Waals surface area contributed by atoms with Crippen molar-refractivity contribution in [3.05, 3.63) is 23.9 Å². The maximum absolute atomic E-state index is 5.24. The maximum atomic E-state index is 5.24. The molecule has 0 bridgehead atoms. The Bertz CT molecular complexity index is 445. The number of aromatic amines is 1. The first-order valence-electron chi connectivity index (χ1n) is 4.75. The molecule has 74 valence electrons. The van der Waals surface area contributed by atoms with Gasteiger partial charge in [0.2, 0.25) is 0 Å². The molecule has 0 radical (unpaired) electrons. The molecule has 0 saturated heterocycles. The van der Waals surface area contributed by atoms with E-state index in [0.717, 1.165) is 16.7 Å². The first-order valence-corrected chi connectivity index (χ1v) is 4.75. The minimum Gasteiger partial charge on any atom is -0.494 e. The molecule has 3 nitrogen and oxygen atoms in total. The topological polar surface area (TPSA) is 37.9 Å². The smallest absolute Gasteiger partial charge is 0.146 e. The van der Waals surface area contributed by atoms with E-state index in [0.29, 0.717) is 5.92 Å². The van der Waals surface area contributed by atoms with E-state index in [1.165, 1.54) is 5.69 Å². The van der Waals surface area contributed by atoms with Crippen LogP contribution >= 0.6 is 0 Å². The molecule has 1 aromatic heterocycles. The van der Waals surface area contributed by atoms with Gasteiger partial charge in [0.15, 0.2) is 0 Å². The summed E-state index contributed by atoms with van der Waals surface area (Å²) in [6.45, 7) is 4.29. The Balaban J connectivity index is 2.69. The molecule has 1 heterocycles. The Hall–Kier alpha value is -1.51. The first-order chi connectivity index (χ1) is 6.74. The van der Waals surface area contributed by atoms with Gasteiger partial charge in [0.05, 0.1) is 7.11 Å². The lowest BCUT2D eigenvalue weighted by Crippen LogP contribution is -1.87. The van der Waals surface area contributed by atoms with Crippen LogP contribution < -0.4 is 4.74 Å². The lowest BCUT2D eigenvalue weighted by atomic mass is 10.1. The van der Waals surface area contributed by atoms with Crippen LogP contribution in [0, 0.1) is 0 Å². The molecule has 14 heavy (non-hydrogen) atoms. The van der Waals surface area contributed by atoms with Crippen molar-refractivity contribution in [3.8, 4) is 5.75 Å². The minimum absolute atomic E-state index is 0.451. The number of para-hydroxylation sites is 1. The van der Waals surface area contributed by atoms with Crippen LogP contribution in [0.3, 0.4) is 0 Å².